The summed E-state index contributed by atoms with van der Waals surface area (Å²) in [5, 5.41) is 21.0. The van der Waals surface area contributed by atoms with Gasteiger partial charge in [-0.2, -0.15) is 0 Å². The lowest BCUT2D eigenvalue weighted by Crippen LogP contribution is -2.64. The van der Waals surface area contributed by atoms with E-state index in [4.69, 9.17) is 14.2 Å². The first-order valence-electron chi connectivity index (χ1n) is 30.5. The fourth-order valence-electron chi connectivity index (χ4n) is 12.5. The average Bonchev–Trinajstić information content (AvgIpc) is 1.55. The van der Waals surface area contributed by atoms with Crippen LogP contribution in [0.3, 0.4) is 0 Å². The number of nitrogens with zero attached hydrogens (tertiary/aromatic N) is 6. The van der Waals surface area contributed by atoms with Gasteiger partial charge in [0.2, 0.25) is 35.4 Å². The summed E-state index contributed by atoms with van der Waals surface area (Å²) in [5.41, 5.74) is 0.959. The van der Waals surface area contributed by atoms with Gasteiger partial charge in [-0.05, 0) is 144 Å². The average molecular weight is 1250 g/mol. The van der Waals surface area contributed by atoms with E-state index in [1.54, 1.807) is 75.9 Å². The molecule has 9 rings (SSSR count). The third kappa shape index (κ3) is 15.4. The SMILES string of the molecule is CC(C(=O)NC(C(=O)N1Cc2cc(NC(=O)CNC(=O)C3(C)CN(C(=O)CN4C[C@@H](C)N(C(=O)O)C[C@@H]4CN4CCOC[C@H]4C)c4cc(Cc5ccc(F)cc5)ccc43)ccc2C[C@H]1C(=O)Nc1c(F)cccc1F)C1CCOCC1)N(C)C(=O)OC(C)(C)C. The third-order valence-corrected chi connectivity index (χ3v) is 17.8. The van der Waals surface area contributed by atoms with Gasteiger partial charge in [0, 0.05) is 95.5 Å². The number of anilines is 3. The van der Waals surface area contributed by atoms with E-state index in [0.29, 0.717) is 67.9 Å². The van der Waals surface area contributed by atoms with Crippen molar-refractivity contribution in [1.29, 1.82) is 0 Å². The first kappa shape index (κ1) is 66.3. The summed E-state index contributed by atoms with van der Waals surface area (Å²) in [7, 11) is 1.39. The lowest BCUT2D eigenvalue weighted by molar-refractivity contribution is -0.146. The number of hydrogen-bond acceptors (Lipinski definition) is 13. The van der Waals surface area contributed by atoms with E-state index in [1.807, 2.05) is 24.0 Å². The molecule has 4 aromatic carbocycles. The number of para-hydroxylation sites is 1. The summed E-state index contributed by atoms with van der Waals surface area (Å²) in [6, 6.07) is 15.0. The van der Waals surface area contributed by atoms with Crippen molar-refractivity contribution < 1.29 is 70.8 Å². The lowest BCUT2D eigenvalue weighted by atomic mass is 9.83. The molecule has 7 atom stereocenters. The summed E-state index contributed by atoms with van der Waals surface area (Å²) < 4.78 is 60.8. The molecule has 4 aromatic rings. The number of hydrogen-bond donors (Lipinski definition) is 5. The fourth-order valence-corrected chi connectivity index (χ4v) is 12.5. The second kappa shape index (κ2) is 27.9. The molecule has 0 radical (unpaired) electrons. The second-order valence-electron chi connectivity index (χ2n) is 25.4. The summed E-state index contributed by atoms with van der Waals surface area (Å²) in [6.07, 6.45) is -0.903. The molecule has 5 N–H and O–H groups in total. The zero-order valence-corrected chi connectivity index (χ0v) is 52.1. The first-order valence-corrected chi connectivity index (χ1v) is 30.5. The molecule has 5 aliphatic rings. The number of benzene rings is 4. The minimum absolute atomic E-state index is 0.0729. The Morgan fingerprint density at radius 1 is 0.822 bits per heavy atom. The van der Waals surface area contributed by atoms with E-state index in [-0.39, 0.29) is 81.9 Å². The number of nitrogens with one attached hydrogen (secondary N) is 4. The number of morpholine rings is 1. The predicted molar refractivity (Wildman–Crippen MR) is 327 cm³/mol. The molecule has 0 aliphatic carbocycles. The summed E-state index contributed by atoms with van der Waals surface area (Å²) in [4.78, 5) is 122. The van der Waals surface area contributed by atoms with Crippen molar-refractivity contribution in [2.75, 3.05) is 94.8 Å². The lowest BCUT2D eigenvalue weighted by Gasteiger charge is -2.47. The third-order valence-electron chi connectivity index (χ3n) is 17.8. The molecule has 25 heteroatoms. The molecule has 8 amide bonds. The largest absolute Gasteiger partial charge is 0.465 e. The molecule has 90 heavy (non-hydrogen) atoms. The summed E-state index contributed by atoms with van der Waals surface area (Å²) in [6.45, 7) is 14.3. The number of halogens is 3. The van der Waals surface area contributed by atoms with Gasteiger partial charge < -0.3 is 55.3 Å². The number of rotatable bonds is 17. The zero-order valence-electron chi connectivity index (χ0n) is 52.1. The molecule has 0 aromatic heterocycles. The minimum Gasteiger partial charge on any atom is -0.465 e. The number of piperazine rings is 1. The number of likely N-dealkylation sites (N-methyl/N-ethyl adjacent to an activating group) is 1. The smallest absolute Gasteiger partial charge is 0.410 e. The maximum atomic E-state index is 15.2. The highest BCUT2D eigenvalue weighted by atomic mass is 19.1. The highest BCUT2D eigenvalue weighted by molar-refractivity contribution is 6.04. The van der Waals surface area contributed by atoms with Crippen LogP contribution in [-0.4, -0.2) is 198 Å². The molecule has 3 saturated heterocycles. The van der Waals surface area contributed by atoms with Crippen LogP contribution >= 0.6 is 0 Å². The van der Waals surface area contributed by atoms with Gasteiger partial charge >= 0.3 is 12.2 Å². The van der Waals surface area contributed by atoms with Crippen molar-refractivity contribution in [2.45, 2.75) is 128 Å². The zero-order chi connectivity index (χ0) is 64.9. The summed E-state index contributed by atoms with van der Waals surface area (Å²) in [5.74, 6) is -6.78. The monoisotopic (exact) mass is 1250 g/mol. The van der Waals surface area contributed by atoms with Crippen molar-refractivity contribution >= 4 is 64.7 Å². The van der Waals surface area contributed by atoms with Gasteiger partial charge in [0.05, 0.1) is 31.7 Å². The topological polar surface area (TPSA) is 252 Å². The summed E-state index contributed by atoms with van der Waals surface area (Å²) >= 11 is 0. The Labute approximate surface area is 521 Å². The van der Waals surface area contributed by atoms with Crippen molar-refractivity contribution in [2.24, 2.45) is 5.92 Å². The van der Waals surface area contributed by atoms with Gasteiger partial charge in [0.25, 0.3) is 0 Å². The van der Waals surface area contributed by atoms with Crippen LogP contribution in [-0.2, 0) is 67.8 Å². The van der Waals surface area contributed by atoms with Crippen LogP contribution in [0.5, 0.6) is 0 Å². The van der Waals surface area contributed by atoms with Crippen molar-refractivity contribution in [3.05, 3.63) is 124 Å². The minimum atomic E-state index is -1.38. The number of fused-ring (bicyclic) bond motifs is 2. The van der Waals surface area contributed by atoms with Crippen LogP contribution in [0.25, 0.3) is 0 Å². The normalized spacial score (nSPS) is 22.1. The number of carbonyl (C=O) groups excluding carboxylic acids is 7. The number of ether oxygens (including phenoxy) is 3. The Hall–Kier alpha value is -8.13. The quantitative estimate of drug-likeness (QED) is 0.0828. The van der Waals surface area contributed by atoms with Gasteiger partial charge in [-0.1, -0.05) is 36.4 Å². The Balaban J connectivity index is 0.935. The maximum Gasteiger partial charge on any atom is 0.410 e. The molecule has 5 heterocycles. The van der Waals surface area contributed by atoms with Gasteiger partial charge in [-0.25, -0.2) is 22.8 Å². The van der Waals surface area contributed by atoms with Gasteiger partial charge in [0.15, 0.2) is 0 Å². The number of carboxylic acid groups (broad SMARTS) is 1. The molecule has 22 nitrogen and oxygen atoms in total. The second-order valence-corrected chi connectivity index (χ2v) is 25.4. The number of amides is 8. The van der Waals surface area contributed by atoms with Crippen LogP contribution < -0.4 is 26.2 Å². The molecule has 0 spiro atoms. The van der Waals surface area contributed by atoms with Crippen molar-refractivity contribution in [3.63, 3.8) is 0 Å². The maximum absolute atomic E-state index is 15.2. The van der Waals surface area contributed by atoms with E-state index in [2.05, 4.69) is 26.2 Å². The fraction of sp³-hybridized carbons (Fsp3) is 0.508. The first-order chi connectivity index (χ1) is 42.7. The highest BCUT2D eigenvalue weighted by Crippen LogP contribution is 2.42. The van der Waals surface area contributed by atoms with E-state index in [9.17, 15) is 43.1 Å². The molecule has 3 fully saturated rings. The van der Waals surface area contributed by atoms with Crippen molar-refractivity contribution in [1.82, 2.24) is 35.1 Å². The molecule has 484 valence electrons. The Morgan fingerprint density at radius 3 is 2.20 bits per heavy atom. The van der Waals surface area contributed by atoms with Gasteiger partial charge in [-0.15, -0.1) is 0 Å². The molecular weight excluding hydrogens is 1170 g/mol. The molecular formula is C65H81F3N10O12. The van der Waals surface area contributed by atoms with Gasteiger partial charge in [0.1, 0.15) is 46.9 Å². The van der Waals surface area contributed by atoms with Crippen LogP contribution in [0.4, 0.5) is 39.8 Å². The predicted octanol–water partition coefficient (Wildman–Crippen LogP) is 5.89. The van der Waals surface area contributed by atoms with E-state index < -0.39 is 107 Å². The van der Waals surface area contributed by atoms with Crippen LogP contribution in [0.15, 0.2) is 78.9 Å². The highest BCUT2D eigenvalue weighted by Gasteiger charge is 2.49. The van der Waals surface area contributed by atoms with Crippen molar-refractivity contribution in [3.8, 4) is 0 Å². The molecule has 5 aliphatic heterocycles. The molecule has 0 bridgehead atoms. The van der Waals surface area contributed by atoms with Crippen LogP contribution in [0.2, 0.25) is 0 Å². The molecule has 3 unspecified atom stereocenters. The van der Waals surface area contributed by atoms with Crippen LogP contribution in [0, 0.1) is 23.4 Å². The van der Waals surface area contributed by atoms with E-state index in [0.717, 1.165) is 34.2 Å². The molecule has 0 saturated carbocycles. The Morgan fingerprint density at radius 2 is 1.52 bits per heavy atom. The number of carbonyl (C=O) groups is 8. The van der Waals surface area contributed by atoms with E-state index in [1.165, 1.54) is 35.9 Å². The Bertz CT molecular complexity index is 3340. The van der Waals surface area contributed by atoms with Crippen LogP contribution in [0.1, 0.15) is 89.1 Å². The van der Waals surface area contributed by atoms with Gasteiger partial charge in [-0.3, -0.25) is 43.5 Å². The van der Waals surface area contributed by atoms with E-state index >= 15 is 13.6 Å². The standard InChI is InChI=1S/C65H81F3N10O12/c1-38-31-75(48(34-76(38)62(85)86)33-74-22-25-89-36-39(74)2)35-55(80)78-37-65(7,49-19-14-42(27-52(49)78)26-41-12-16-46(66)17-13-41)61(84)69-30-54(79)70-47-18-15-44-29-53(59(82)72-57-50(67)10-9-11-51(57)68)77(32-45(44)28-47)60(83)56(43-20-23-88-24-21-43)71-58(81)40(3)73(8)63(87)90-64(4,5)6/h9-19,27-28,38-40,43,48,53,56H,20-26,29-37H2,1-8H3,(H,69,84)(H,70,79)(H,71,81)(H,72,82)(H,85,86)/t38-,39-,40?,48+,53+,56?,65?/m1/s1. The Kier molecular flexibility index (Phi) is 20.6.